The number of rotatable bonds is 0. The minimum atomic E-state index is -0.894. The van der Waals surface area contributed by atoms with Crippen molar-refractivity contribution in [2.75, 3.05) is 0 Å². The average molecular weight is 125 g/mol. The Bertz CT molecular complexity index is 183. The van der Waals surface area contributed by atoms with Gasteiger partial charge in [0.1, 0.15) is 6.04 Å². The van der Waals surface area contributed by atoms with E-state index in [0.29, 0.717) is 6.42 Å². The van der Waals surface area contributed by atoms with Crippen LogP contribution in [0, 0.1) is 0 Å². The van der Waals surface area contributed by atoms with E-state index in [0.717, 1.165) is 0 Å². The first-order chi connectivity index (χ1) is 4.22. The number of hydrogen-bond acceptors (Lipinski definition) is 3. The lowest BCUT2D eigenvalue weighted by atomic mass is 10.0. The van der Waals surface area contributed by atoms with Gasteiger partial charge in [-0.25, -0.2) is 0 Å². The van der Waals surface area contributed by atoms with Crippen molar-refractivity contribution < 1.29 is 9.59 Å². The molecule has 3 nitrogen and oxygen atoms in total. The molecule has 1 aliphatic carbocycles. The average Bonchev–Trinajstić information content (AvgIpc) is 1.83. The molecule has 2 N–H and O–H groups in total. The third-order valence-electron chi connectivity index (χ3n) is 1.25. The van der Waals surface area contributed by atoms with Crippen LogP contribution in [-0.2, 0) is 9.59 Å². The second kappa shape index (κ2) is 2.11. The molecule has 0 aromatic heterocycles. The smallest absolute Gasteiger partial charge is 0.179 e. The summed E-state index contributed by atoms with van der Waals surface area (Å²) in [5, 5.41) is 0. The minimum Gasteiger partial charge on any atom is -0.315 e. The molecule has 1 unspecified atom stereocenters. The van der Waals surface area contributed by atoms with Gasteiger partial charge in [0.25, 0.3) is 0 Å². The first kappa shape index (κ1) is 6.16. The Morgan fingerprint density at radius 1 is 1.56 bits per heavy atom. The molecular formula is C6H7NO2. The van der Waals surface area contributed by atoms with Crippen LogP contribution in [0.15, 0.2) is 12.2 Å². The van der Waals surface area contributed by atoms with E-state index in [9.17, 15) is 9.59 Å². The van der Waals surface area contributed by atoms with Crippen LogP contribution in [0.5, 0.6) is 0 Å². The van der Waals surface area contributed by atoms with E-state index in [-0.39, 0.29) is 11.6 Å². The summed E-state index contributed by atoms with van der Waals surface area (Å²) in [5.74, 6) is -0.478. The summed E-state index contributed by atoms with van der Waals surface area (Å²) < 4.78 is 0. The highest BCUT2D eigenvalue weighted by Gasteiger charge is 2.21. The zero-order valence-electron chi connectivity index (χ0n) is 4.83. The Morgan fingerprint density at radius 2 is 2.22 bits per heavy atom. The lowest BCUT2D eigenvalue weighted by Gasteiger charge is -2.08. The highest BCUT2D eigenvalue weighted by atomic mass is 16.2. The highest BCUT2D eigenvalue weighted by molar-refractivity contribution is 6.13. The molecule has 1 aliphatic rings. The van der Waals surface area contributed by atoms with Gasteiger partial charge in [0.2, 0.25) is 0 Å². The maximum Gasteiger partial charge on any atom is 0.179 e. The van der Waals surface area contributed by atoms with Gasteiger partial charge in [0.05, 0.1) is 0 Å². The van der Waals surface area contributed by atoms with Crippen LogP contribution in [0.2, 0.25) is 0 Å². The molecule has 1 atom stereocenters. The number of ketones is 2. The van der Waals surface area contributed by atoms with E-state index in [2.05, 4.69) is 0 Å². The van der Waals surface area contributed by atoms with Crippen LogP contribution in [0.3, 0.4) is 0 Å². The first-order valence-electron chi connectivity index (χ1n) is 2.70. The van der Waals surface area contributed by atoms with Crippen molar-refractivity contribution in [2.24, 2.45) is 5.73 Å². The number of hydrogen-bond donors (Lipinski definition) is 1. The fourth-order valence-corrected chi connectivity index (χ4v) is 0.681. The molecule has 0 radical (unpaired) electrons. The number of carbonyl (C=O) groups excluding carboxylic acids is 2. The van der Waals surface area contributed by atoms with Gasteiger partial charge in [0, 0.05) is 6.42 Å². The summed E-state index contributed by atoms with van der Waals surface area (Å²) in [4.78, 5) is 21.2. The molecule has 0 saturated heterocycles. The van der Waals surface area contributed by atoms with Crippen LogP contribution in [0.4, 0.5) is 0 Å². The number of Topliss-reactive ketones (excluding diaryl/α,β-unsaturated/α-hetero) is 1. The Labute approximate surface area is 52.5 Å². The topological polar surface area (TPSA) is 60.2 Å². The van der Waals surface area contributed by atoms with Crippen molar-refractivity contribution in [1.82, 2.24) is 0 Å². The predicted octanol–water partition coefficient (Wildman–Crippen LogP) is -0.588. The fraction of sp³-hybridized carbons (Fsp3) is 0.333. The zero-order chi connectivity index (χ0) is 6.85. The summed E-state index contributed by atoms with van der Waals surface area (Å²) >= 11 is 0. The van der Waals surface area contributed by atoms with Gasteiger partial charge < -0.3 is 5.73 Å². The van der Waals surface area contributed by atoms with E-state index in [1.54, 1.807) is 0 Å². The monoisotopic (exact) mass is 125 g/mol. The maximum atomic E-state index is 10.6. The molecule has 3 heteroatoms. The molecule has 9 heavy (non-hydrogen) atoms. The molecule has 48 valence electrons. The molecule has 0 aliphatic heterocycles. The van der Waals surface area contributed by atoms with Gasteiger partial charge in [-0.1, -0.05) is 6.08 Å². The molecule has 0 fully saturated rings. The van der Waals surface area contributed by atoms with E-state index < -0.39 is 6.04 Å². The van der Waals surface area contributed by atoms with Crippen molar-refractivity contribution in [1.29, 1.82) is 0 Å². The normalized spacial score (nSPS) is 27.0. The summed E-state index contributed by atoms with van der Waals surface area (Å²) in [6.45, 7) is 0. The lowest BCUT2D eigenvalue weighted by molar-refractivity contribution is -0.126. The van der Waals surface area contributed by atoms with E-state index in [1.807, 2.05) is 0 Å². The summed E-state index contributed by atoms with van der Waals surface area (Å²) in [6.07, 6.45) is 3.19. The Morgan fingerprint density at radius 3 is 2.67 bits per heavy atom. The van der Waals surface area contributed by atoms with Crippen molar-refractivity contribution in [2.45, 2.75) is 12.5 Å². The molecule has 0 heterocycles. The fourth-order valence-electron chi connectivity index (χ4n) is 0.681. The largest absolute Gasteiger partial charge is 0.315 e. The van der Waals surface area contributed by atoms with Gasteiger partial charge in [-0.05, 0) is 6.08 Å². The van der Waals surface area contributed by atoms with Gasteiger partial charge in [-0.2, -0.15) is 0 Å². The molecule has 1 rings (SSSR count). The molecule has 0 aromatic rings. The number of nitrogens with two attached hydrogens (primary N) is 1. The van der Waals surface area contributed by atoms with Crippen molar-refractivity contribution >= 4 is 11.6 Å². The third kappa shape index (κ3) is 1.05. The van der Waals surface area contributed by atoms with E-state index >= 15 is 0 Å². The van der Waals surface area contributed by atoms with Crippen molar-refractivity contribution in [3.05, 3.63) is 12.2 Å². The second-order valence-corrected chi connectivity index (χ2v) is 1.95. The van der Waals surface area contributed by atoms with Crippen LogP contribution in [0.25, 0.3) is 0 Å². The number of carbonyl (C=O) groups is 2. The van der Waals surface area contributed by atoms with Gasteiger partial charge in [0.15, 0.2) is 11.6 Å². The highest BCUT2D eigenvalue weighted by Crippen LogP contribution is 2.00. The number of allylic oxidation sites excluding steroid dienone is 1. The molecule has 0 bridgehead atoms. The standard InChI is InChI=1S/C6H7NO2/c7-6-4(8)2-1-3-5(6)9/h1-2,6H,3,7H2. The van der Waals surface area contributed by atoms with Gasteiger partial charge >= 0.3 is 0 Å². The van der Waals surface area contributed by atoms with E-state index in [4.69, 9.17) is 5.73 Å². The van der Waals surface area contributed by atoms with Crippen LogP contribution in [0.1, 0.15) is 6.42 Å². The molecule has 0 amide bonds. The second-order valence-electron chi connectivity index (χ2n) is 1.95. The first-order valence-corrected chi connectivity index (χ1v) is 2.70. The Balaban J connectivity index is 2.81. The van der Waals surface area contributed by atoms with Crippen molar-refractivity contribution in [3.63, 3.8) is 0 Å². The third-order valence-corrected chi connectivity index (χ3v) is 1.25. The molecule has 0 saturated carbocycles. The van der Waals surface area contributed by atoms with Gasteiger partial charge in [-0.3, -0.25) is 9.59 Å². The maximum absolute atomic E-state index is 10.6. The minimum absolute atomic E-state index is 0.192. The van der Waals surface area contributed by atoms with E-state index in [1.165, 1.54) is 12.2 Å². The Hall–Kier alpha value is -0.960. The molecule has 0 spiro atoms. The SMILES string of the molecule is NC1C(=O)C=CCC1=O. The Kier molecular flexibility index (Phi) is 1.44. The summed E-state index contributed by atoms with van der Waals surface area (Å²) in [6, 6.07) is -0.894. The van der Waals surface area contributed by atoms with Crippen LogP contribution >= 0.6 is 0 Å². The zero-order valence-corrected chi connectivity index (χ0v) is 4.83. The molecular weight excluding hydrogens is 118 g/mol. The van der Waals surface area contributed by atoms with Crippen LogP contribution < -0.4 is 5.73 Å². The van der Waals surface area contributed by atoms with Crippen molar-refractivity contribution in [3.8, 4) is 0 Å². The van der Waals surface area contributed by atoms with Crippen LogP contribution in [-0.4, -0.2) is 17.6 Å². The molecule has 0 aromatic carbocycles. The summed E-state index contributed by atoms with van der Waals surface area (Å²) in [5.41, 5.74) is 5.17. The summed E-state index contributed by atoms with van der Waals surface area (Å²) in [7, 11) is 0. The quantitative estimate of drug-likeness (QED) is 0.440. The van der Waals surface area contributed by atoms with Gasteiger partial charge in [-0.15, -0.1) is 0 Å². The lowest BCUT2D eigenvalue weighted by Crippen LogP contribution is -2.39. The predicted molar refractivity (Wildman–Crippen MR) is 31.7 cm³/mol.